The van der Waals surface area contributed by atoms with Crippen LogP contribution < -0.4 is 0 Å². The predicted molar refractivity (Wildman–Crippen MR) is 178 cm³/mol. The summed E-state index contributed by atoms with van der Waals surface area (Å²) < 4.78 is 0. The SMILES string of the molecule is N#CC(Cc1ccccc1-c1ccccc1CC(C#N)(c1ccccc1)c1ccccc1)(c1ccccc1)c1ccccc1. The minimum atomic E-state index is -0.877. The lowest BCUT2D eigenvalue weighted by Crippen LogP contribution is -2.29. The van der Waals surface area contributed by atoms with E-state index in [4.69, 9.17) is 0 Å². The Labute approximate surface area is 260 Å². The molecule has 6 aromatic carbocycles. The van der Waals surface area contributed by atoms with Crippen LogP contribution in [0.15, 0.2) is 170 Å². The third-order valence-electron chi connectivity index (χ3n) is 8.68. The van der Waals surface area contributed by atoms with Gasteiger partial charge in [0.1, 0.15) is 10.8 Å². The molecule has 0 amide bonds. The lowest BCUT2D eigenvalue weighted by molar-refractivity contribution is 0.650. The summed E-state index contributed by atoms with van der Waals surface area (Å²) in [5, 5.41) is 21.8. The van der Waals surface area contributed by atoms with Crippen molar-refractivity contribution in [2.45, 2.75) is 23.7 Å². The predicted octanol–water partition coefficient (Wildman–Crippen LogP) is 9.46. The summed E-state index contributed by atoms with van der Waals surface area (Å²) in [6.45, 7) is 0. The van der Waals surface area contributed by atoms with E-state index < -0.39 is 10.8 Å². The number of benzene rings is 6. The minimum absolute atomic E-state index is 0.503. The summed E-state index contributed by atoms with van der Waals surface area (Å²) in [5.74, 6) is 0. The van der Waals surface area contributed by atoms with Gasteiger partial charge in [-0.05, 0) is 57.3 Å². The van der Waals surface area contributed by atoms with Crippen LogP contribution in [0, 0.1) is 22.7 Å². The second-order valence-electron chi connectivity index (χ2n) is 11.2. The molecule has 0 aliphatic heterocycles. The Balaban J connectivity index is 1.50. The molecular formula is C42H32N2. The van der Waals surface area contributed by atoms with Gasteiger partial charge in [-0.2, -0.15) is 10.5 Å². The first-order valence-corrected chi connectivity index (χ1v) is 14.9. The first-order chi connectivity index (χ1) is 21.7. The van der Waals surface area contributed by atoms with Gasteiger partial charge in [0, 0.05) is 0 Å². The zero-order valence-electron chi connectivity index (χ0n) is 24.5. The van der Waals surface area contributed by atoms with Crippen LogP contribution in [0.5, 0.6) is 0 Å². The molecule has 0 saturated carbocycles. The van der Waals surface area contributed by atoms with Gasteiger partial charge in [-0.15, -0.1) is 0 Å². The number of hydrogen-bond donors (Lipinski definition) is 0. The van der Waals surface area contributed by atoms with E-state index >= 15 is 0 Å². The van der Waals surface area contributed by atoms with E-state index in [9.17, 15) is 10.5 Å². The zero-order chi connectivity index (χ0) is 30.2. The molecule has 0 radical (unpaired) electrons. The molecule has 0 aliphatic rings. The van der Waals surface area contributed by atoms with Gasteiger partial charge in [-0.3, -0.25) is 0 Å². The first-order valence-electron chi connectivity index (χ1n) is 14.9. The fourth-order valence-corrected chi connectivity index (χ4v) is 6.42. The van der Waals surface area contributed by atoms with Crippen molar-refractivity contribution in [1.29, 1.82) is 10.5 Å². The van der Waals surface area contributed by atoms with Crippen molar-refractivity contribution in [2.75, 3.05) is 0 Å². The van der Waals surface area contributed by atoms with Crippen molar-refractivity contribution in [3.8, 4) is 23.3 Å². The van der Waals surface area contributed by atoms with Gasteiger partial charge in [0.05, 0.1) is 12.1 Å². The summed E-state index contributed by atoms with van der Waals surface area (Å²) in [6.07, 6.45) is 1.01. The average molecular weight is 565 g/mol. The highest BCUT2D eigenvalue weighted by molar-refractivity contribution is 5.72. The lowest BCUT2D eigenvalue weighted by atomic mass is 9.69. The van der Waals surface area contributed by atoms with E-state index in [0.29, 0.717) is 12.8 Å². The normalized spacial score (nSPS) is 11.3. The molecule has 0 bridgehead atoms. The smallest absolute Gasteiger partial charge is 0.111 e. The first kappa shape index (κ1) is 28.4. The fourth-order valence-electron chi connectivity index (χ4n) is 6.42. The molecule has 0 unspecified atom stereocenters. The topological polar surface area (TPSA) is 47.6 Å². The Morgan fingerprint density at radius 1 is 0.341 bits per heavy atom. The van der Waals surface area contributed by atoms with Crippen LogP contribution in [0.25, 0.3) is 11.1 Å². The lowest BCUT2D eigenvalue weighted by Gasteiger charge is -2.31. The van der Waals surface area contributed by atoms with Crippen molar-refractivity contribution in [3.63, 3.8) is 0 Å². The number of rotatable bonds is 9. The molecule has 0 saturated heterocycles. The number of hydrogen-bond acceptors (Lipinski definition) is 2. The second-order valence-corrected chi connectivity index (χ2v) is 11.2. The standard InChI is InChI=1S/C42H32N2/c43-31-41(35-19-5-1-6-20-35,36-21-7-2-8-22-36)29-33-17-13-15-27-39(33)40-28-16-14-18-34(40)30-42(32-44,37-23-9-3-10-24-37)38-25-11-4-12-26-38/h1-28H,29-30H2. The zero-order valence-corrected chi connectivity index (χ0v) is 24.5. The Hall–Kier alpha value is -5.70. The van der Waals surface area contributed by atoms with E-state index in [-0.39, 0.29) is 0 Å². The van der Waals surface area contributed by atoms with Crippen LogP contribution in [0.1, 0.15) is 33.4 Å². The van der Waals surface area contributed by atoms with E-state index in [2.05, 4.69) is 48.5 Å². The van der Waals surface area contributed by atoms with Crippen LogP contribution in [0.2, 0.25) is 0 Å². The van der Waals surface area contributed by atoms with Crippen molar-refractivity contribution in [2.24, 2.45) is 0 Å². The Morgan fingerprint density at radius 3 is 0.864 bits per heavy atom. The molecule has 0 aromatic heterocycles. The van der Waals surface area contributed by atoms with Crippen LogP contribution in [-0.4, -0.2) is 0 Å². The molecule has 6 aromatic rings. The summed E-state index contributed by atoms with van der Waals surface area (Å²) in [7, 11) is 0. The summed E-state index contributed by atoms with van der Waals surface area (Å²) >= 11 is 0. The number of nitrogens with zero attached hydrogens (tertiary/aromatic N) is 2. The van der Waals surface area contributed by atoms with Crippen molar-refractivity contribution < 1.29 is 0 Å². The van der Waals surface area contributed by atoms with Crippen molar-refractivity contribution in [1.82, 2.24) is 0 Å². The highest BCUT2D eigenvalue weighted by Crippen LogP contribution is 2.41. The average Bonchev–Trinajstić information content (AvgIpc) is 3.11. The molecular weight excluding hydrogens is 532 g/mol. The Kier molecular flexibility index (Phi) is 8.18. The molecule has 44 heavy (non-hydrogen) atoms. The summed E-state index contributed by atoms with van der Waals surface area (Å²) in [6, 6.07) is 62.6. The number of nitriles is 2. The maximum Gasteiger partial charge on any atom is 0.111 e. The Bertz CT molecular complexity index is 1690. The van der Waals surface area contributed by atoms with Gasteiger partial charge in [-0.25, -0.2) is 0 Å². The summed E-state index contributed by atoms with van der Waals surface area (Å²) in [4.78, 5) is 0. The quantitative estimate of drug-likeness (QED) is 0.176. The molecule has 0 heterocycles. The van der Waals surface area contributed by atoms with Crippen molar-refractivity contribution in [3.05, 3.63) is 203 Å². The molecule has 6 rings (SSSR count). The monoisotopic (exact) mass is 564 g/mol. The molecule has 210 valence electrons. The van der Waals surface area contributed by atoms with Crippen LogP contribution in [0.4, 0.5) is 0 Å². The third kappa shape index (κ3) is 5.31. The van der Waals surface area contributed by atoms with Crippen LogP contribution in [-0.2, 0) is 23.7 Å². The molecule has 0 fully saturated rings. The second kappa shape index (κ2) is 12.7. The molecule has 0 spiro atoms. The van der Waals surface area contributed by atoms with Gasteiger partial charge in [0.25, 0.3) is 0 Å². The maximum atomic E-state index is 10.9. The van der Waals surface area contributed by atoms with Gasteiger partial charge in [0.15, 0.2) is 0 Å². The van der Waals surface area contributed by atoms with Crippen molar-refractivity contribution >= 4 is 0 Å². The minimum Gasteiger partial charge on any atom is -0.197 e. The van der Waals surface area contributed by atoms with E-state index in [1.54, 1.807) is 0 Å². The Morgan fingerprint density at radius 2 is 0.591 bits per heavy atom. The third-order valence-corrected chi connectivity index (χ3v) is 8.68. The molecule has 0 atom stereocenters. The van der Waals surface area contributed by atoms with Crippen LogP contribution >= 0.6 is 0 Å². The van der Waals surface area contributed by atoms with E-state index in [1.165, 1.54) is 0 Å². The fraction of sp³-hybridized carbons (Fsp3) is 0.0952. The highest BCUT2D eigenvalue weighted by atomic mass is 14.4. The van der Waals surface area contributed by atoms with E-state index in [1.807, 2.05) is 133 Å². The molecule has 0 N–H and O–H groups in total. The van der Waals surface area contributed by atoms with Gasteiger partial charge in [-0.1, -0.05) is 170 Å². The van der Waals surface area contributed by atoms with Crippen LogP contribution in [0.3, 0.4) is 0 Å². The largest absolute Gasteiger partial charge is 0.197 e. The molecule has 2 heteroatoms. The molecule has 2 nitrogen and oxygen atoms in total. The molecule has 0 aliphatic carbocycles. The maximum absolute atomic E-state index is 10.9. The van der Waals surface area contributed by atoms with Gasteiger partial charge >= 0.3 is 0 Å². The van der Waals surface area contributed by atoms with Gasteiger partial charge < -0.3 is 0 Å². The van der Waals surface area contributed by atoms with E-state index in [0.717, 1.165) is 44.5 Å². The highest BCUT2D eigenvalue weighted by Gasteiger charge is 2.37. The van der Waals surface area contributed by atoms with Gasteiger partial charge in [0.2, 0.25) is 0 Å². The summed E-state index contributed by atoms with van der Waals surface area (Å²) in [5.41, 5.74) is 6.41.